The Bertz CT molecular complexity index is 1590. The third-order valence-electron chi connectivity index (χ3n) is 8.27. The van der Waals surface area contributed by atoms with Gasteiger partial charge in [-0.3, -0.25) is 4.79 Å². The summed E-state index contributed by atoms with van der Waals surface area (Å²) in [6.07, 6.45) is 7.50. The largest absolute Gasteiger partial charge is 0.481 e. The maximum atomic E-state index is 11.7. The molecule has 0 saturated heterocycles. The van der Waals surface area contributed by atoms with Crippen molar-refractivity contribution in [1.29, 1.82) is 0 Å². The predicted molar refractivity (Wildman–Crippen MR) is 172 cm³/mol. The SMILES string of the molecule is CC(C)(O)c1ccccc1CCC(c1cccc(C=Cc2ccc3ccc(Cl)cc3n2)c1)C(S)C1(CC(=O)O)CC1. The lowest BCUT2D eigenvalue weighted by atomic mass is 9.79. The van der Waals surface area contributed by atoms with Crippen molar-refractivity contribution in [2.75, 3.05) is 0 Å². The van der Waals surface area contributed by atoms with Gasteiger partial charge in [-0.1, -0.05) is 78.3 Å². The lowest BCUT2D eigenvalue weighted by molar-refractivity contribution is -0.138. The average molecular weight is 586 g/mol. The van der Waals surface area contributed by atoms with Crippen molar-refractivity contribution < 1.29 is 15.0 Å². The zero-order valence-corrected chi connectivity index (χ0v) is 25.1. The third-order valence-corrected chi connectivity index (χ3v) is 9.41. The fourth-order valence-electron chi connectivity index (χ4n) is 5.89. The number of nitrogens with zero attached hydrogens (tertiary/aromatic N) is 1. The van der Waals surface area contributed by atoms with Gasteiger partial charge in [-0.15, -0.1) is 0 Å². The smallest absolute Gasteiger partial charge is 0.303 e. The number of halogens is 1. The Morgan fingerprint density at radius 3 is 2.54 bits per heavy atom. The molecule has 6 heteroatoms. The fraction of sp³-hybridized carbons (Fsp3) is 0.314. The molecular formula is C35H36ClNO3S. The summed E-state index contributed by atoms with van der Waals surface area (Å²) in [6, 6.07) is 26.2. The zero-order chi connectivity index (χ0) is 29.2. The van der Waals surface area contributed by atoms with Crippen LogP contribution < -0.4 is 0 Å². The first-order valence-electron chi connectivity index (χ1n) is 14.1. The fourth-order valence-corrected chi connectivity index (χ4v) is 6.73. The van der Waals surface area contributed by atoms with Crippen LogP contribution in [0.3, 0.4) is 0 Å². The summed E-state index contributed by atoms with van der Waals surface area (Å²) in [4.78, 5) is 16.5. The number of carboxylic acid groups (broad SMARTS) is 1. The Balaban J connectivity index is 1.43. The molecule has 5 rings (SSSR count). The molecule has 212 valence electrons. The van der Waals surface area contributed by atoms with E-state index < -0.39 is 11.6 Å². The van der Waals surface area contributed by atoms with E-state index in [-0.39, 0.29) is 23.0 Å². The highest BCUT2D eigenvalue weighted by Crippen LogP contribution is 2.58. The van der Waals surface area contributed by atoms with Gasteiger partial charge in [0.15, 0.2) is 0 Å². The standard InChI is InChI=1S/C35H36ClNO3S/c1-34(2,40)30-9-4-3-7-24(30)13-17-29(33(41)35(18-19-35)22-32(38)39)26-8-5-6-23(20-26)10-15-28-16-12-25-11-14-27(36)21-31(25)37-28/h3-12,14-16,20-21,29,33,40-41H,13,17-19,22H2,1-2H3,(H,38,39). The molecule has 1 aromatic heterocycles. The van der Waals surface area contributed by atoms with Crippen LogP contribution in [0.5, 0.6) is 0 Å². The van der Waals surface area contributed by atoms with E-state index in [1.54, 1.807) is 0 Å². The topological polar surface area (TPSA) is 70.4 Å². The molecule has 0 bridgehead atoms. The maximum Gasteiger partial charge on any atom is 0.303 e. The zero-order valence-electron chi connectivity index (χ0n) is 23.4. The summed E-state index contributed by atoms with van der Waals surface area (Å²) >= 11 is 11.3. The molecule has 1 aliphatic carbocycles. The Kier molecular flexibility index (Phi) is 8.60. The Morgan fingerprint density at radius 2 is 1.80 bits per heavy atom. The van der Waals surface area contributed by atoms with Crippen LogP contribution in [0.25, 0.3) is 23.1 Å². The number of hydrogen-bond donors (Lipinski definition) is 3. The number of aryl methyl sites for hydroxylation is 1. The summed E-state index contributed by atoms with van der Waals surface area (Å²) in [5.74, 6) is -0.724. The van der Waals surface area contributed by atoms with Crippen molar-refractivity contribution in [3.8, 4) is 0 Å². The van der Waals surface area contributed by atoms with Crippen LogP contribution in [0.15, 0.2) is 78.9 Å². The van der Waals surface area contributed by atoms with Crippen molar-refractivity contribution in [2.45, 2.75) is 62.7 Å². The van der Waals surface area contributed by atoms with E-state index >= 15 is 0 Å². The van der Waals surface area contributed by atoms with Gasteiger partial charge in [-0.25, -0.2) is 4.98 Å². The number of rotatable bonds is 11. The minimum atomic E-state index is -0.944. The number of carbonyl (C=O) groups is 1. The normalized spacial score (nSPS) is 16.1. The second-order valence-corrected chi connectivity index (χ2v) is 12.8. The van der Waals surface area contributed by atoms with Crippen LogP contribution in [0.1, 0.15) is 73.4 Å². The molecule has 41 heavy (non-hydrogen) atoms. The molecule has 4 nitrogen and oxygen atoms in total. The van der Waals surface area contributed by atoms with E-state index in [0.29, 0.717) is 5.02 Å². The molecule has 2 N–H and O–H groups in total. The summed E-state index contributed by atoms with van der Waals surface area (Å²) in [5, 5.41) is 22.0. The van der Waals surface area contributed by atoms with Gasteiger partial charge in [0.25, 0.3) is 0 Å². The number of pyridine rings is 1. The number of aliphatic carboxylic acids is 1. The number of benzene rings is 3. The second kappa shape index (κ2) is 12.0. The molecule has 4 aromatic rings. The van der Waals surface area contributed by atoms with Gasteiger partial charge in [0, 0.05) is 15.7 Å². The highest BCUT2D eigenvalue weighted by Gasteiger charge is 2.51. The lowest BCUT2D eigenvalue weighted by Gasteiger charge is -2.31. The van der Waals surface area contributed by atoms with Gasteiger partial charge in [0.1, 0.15) is 0 Å². The van der Waals surface area contributed by atoms with Crippen LogP contribution in [0.4, 0.5) is 0 Å². The Hall–Kier alpha value is -3.12. The number of hydrogen-bond acceptors (Lipinski definition) is 4. The van der Waals surface area contributed by atoms with E-state index in [1.165, 1.54) is 0 Å². The minimum Gasteiger partial charge on any atom is -0.481 e. The van der Waals surface area contributed by atoms with Crippen molar-refractivity contribution in [2.24, 2.45) is 5.41 Å². The number of aromatic nitrogens is 1. The van der Waals surface area contributed by atoms with E-state index in [9.17, 15) is 15.0 Å². The van der Waals surface area contributed by atoms with Gasteiger partial charge >= 0.3 is 5.97 Å². The molecule has 3 aromatic carbocycles. The summed E-state index contributed by atoms with van der Waals surface area (Å²) in [5.41, 5.74) is 4.66. The summed E-state index contributed by atoms with van der Waals surface area (Å²) < 4.78 is 0. The van der Waals surface area contributed by atoms with E-state index in [2.05, 4.69) is 36.4 Å². The highest BCUT2D eigenvalue weighted by atomic mass is 35.5. The van der Waals surface area contributed by atoms with E-state index in [4.69, 9.17) is 29.2 Å². The average Bonchev–Trinajstić information content (AvgIpc) is 3.71. The molecule has 2 atom stereocenters. The van der Waals surface area contributed by atoms with Crippen LogP contribution in [0, 0.1) is 5.41 Å². The third kappa shape index (κ3) is 7.03. The molecule has 1 saturated carbocycles. The first-order chi connectivity index (χ1) is 19.5. The van der Waals surface area contributed by atoms with Gasteiger partial charge in [0.2, 0.25) is 0 Å². The van der Waals surface area contributed by atoms with Crippen LogP contribution in [-0.4, -0.2) is 26.4 Å². The van der Waals surface area contributed by atoms with Crippen molar-refractivity contribution in [1.82, 2.24) is 4.98 Å². The van der Waals surface area contributed by atoms with E-state index in [0.717, 1.165) is 64.5 Å². The monoisotopic (exact) mass is 585 g/mol. The maximum absolute atomic E-state index is 11.7. The van der Waals surface area contributed by atoms with Crippen LogP contribution >= 0.6 is 24.2 Å². The van der Waals surface area contributed by atoms with Gasteiger partial charge in [-0.05, 0) is 97.4 Å². The summed E-state index contributed by atoms with van der Waals surface area (Å²) in [6.45, 7) is 3.62. The second-order valence-electron chi connectivity index (χ2n) is 11.8. The number of aliphatic hydroxyl groups is 1. The minimum absolute atomic E-state index is 0.0457. The Morgan fingerprint density at radius 1 is 1.05 bits per heavy atom. The first-order valence-corrected chi connectivity index (χ1v) is 15.0. The highest BCUT2D eigenvalue weighted by molar-refractivity contribution is 7.81. The van der Waals surface area contributed by atoms with Gasteiger partial charge < -0.3 is 10.2 Å². The summed E-state index contributed by atoms with van der Waals surface area (Å²) in [7, 11) is 0. The molecule has 0 radical (unpaired) electrons. The van der Waals surface area contributed by atoms with Crippen molar-refractivity contribution >= 4 is 53.3 Å². The molecule has 0 amide bonds. The van der Waals surface area contributed by atoms with Gasteiger partial charge in [-0.2, -0.15) is 12.6 Å². The van der Waals surface area contributed by atoms with Gasteiger partial charge in [0.05, 0.1) is 23.2 Å². The molecule has 1 heterocycles. The van der Waals surface area contributed by atoms with Crippen LogP contribution in [-0.2, 0) is 16.8 Å². The molecule has 0 aliphatic heterocycles. The number of thiol groups is 1. The predicted octanol–water partition coefficient (Wildman–Crippen LogP) is 8.56. The molecule has 0 spiro atoms. The molecular weight excluding hydrogens is 550 g/mol. The Labute approximate surface area is 252 Å². The molecule has 1 aliphatic rings. The molecule has 2 unspecified atom stereocenters. The lowest BCUT2D eigenvalue weighted by Crippen LogP contribution is -2.27. The first kappa shape index (κ1) is 29.4. The van der Waals surface area contributed by atoms with Crippen molar-refractivity contribution in [3.05, 3.63) is 112 Å². The van der Waals surface area contributed by atoms with Crippen molar-refractivity contribution in [3.63, 3.8) is 0 Å². The molecule has 1 fully saturated rings. The number of fused-ring (bicyclic) bond motifs is 1. The quantitative estimate of drug-likeness (QED) is 0.154. The van der Waals surface area contributed by atoms with Crippen LogP contribution in [0.2, 0.25) is 5.02 Å². The van der Waals surface area contributed by atoms with E-state index in [1.807, 2.05) is 68.5 Å². The number of carboxylic acids is 1.